The highest BCUT2D eigenvalue weighted by atomic mass is 16.5. The maximum absolute atomic E-state index is 11.4. The molecule has 0 saturated heterocycles. The van der Waals surface area contributed by atoms with Gasteiger partial charge in [0.1, 0.15) is 0 Å². The second kappa shape index (κ2) is 6.02. The second-order valence-corrected chi connectivity index (χ2v) is 3.63. The van der Waals surface area contributed by atoms with Crippen LogP contribution in [0.4, 0.5) is 0 Å². The van der Waals surface area contributed by atoms with Crippen molar-refractivity contribution in [3.8, 4) is 6.07 Å². The molecule has 0 radical (unpaired) electrons. The molecule has 17 heavy (non-hydrogen) atoms. The summed E-state index contributed by atoms with van der Waals surface area (Å²) in [6.07, 6.45) is 0.0884. The first-order valence-electron chi connectivity index (χ1n) is 5.42. The van der Waals surface area contributed by atoms with E-state index < -0.39 is 0 Å². The molecule has 0 fully saturated rings. The Morgan fingerprint density at radius 2 is 2.24 bits per heavy atom. The van der Waals surface area contributed by atoms with Crippen molar-refractivity contribution >= 4 is 5.97 Å². The van der Waals surface area contributed by atoms with Crippen LogP contribution in [-0.2, 0) is 22.6 Å². The van der Waals surface area contributed by atoms with Crippen LogP contribution in [0, 0.1) is 18.3 Å². The maximum Gasteiger partial charge on any atom is 0.310 e. The Morgan fingerprint density at radius 3 is 2.76 bits per heavy atom. The Morgan fingerprint density at radius 1 is 1.53 bits per heavy atom. The molecule has 0 amide bonds. The number of benzene rings is 1. The molecule has 0 spiro atoms. The molecule has 1 aromatic rings. The minimum absolute atomic E-state index is 0.0884. The Kier molecular flexibility index (Phi) is 4.68. The molecule has 0 unspecified atom stereocenters. The fourth-order valence-corrected chi connectivity index (χ4v) is 1.68. The molecule has 1 aromatic carbocycles. The van der Waals surface area contributed by atoms with Crippen LogP contribution in [0.1, 0.15) is 29.2 Å². The lowest BCUT2D eigenvalue weighted by molar-refractivity contribution is -0.142. The first kappa shape index (κ1) is 13.2. The molecule has 4 heteroatoms. The van der Waals surface area contributed by atoms with E-state index in [-0.39, 0.29) is 19.0 Å². The van der Waals surface area contributed by atoms with E-state index in [4.69, 9.17) is 10.00 Å². The van der Waals surface area contributed by atoms with E-state index in [0.717, 1.165) is 5.56 Å². The molecule has 1 N–H and O–H groups in total. The van der Waals surface area contributed by atoms with Crippen LogP contribution >= 0.6 is 0 Å². The van der Waals surface area contributed by atoms with Crippen LogP contribution in [0.25, 0.3) is 0 Å². The lowest BCUT2D eigenvalue weighted by Crippen LogP contribution is -2.11. The first-order chi connectivity index (χ1) is 8.13. The molecule has 0 atom stereocenters. The monoisotopic (exact) mass is 233 g/mol. The van der Waals surface area contributed by atoms with Gasteiger partial charge in [0, 0.05) is 0 Å². The zero-order valence-electron chi connectivity index (χ0n) is 9.99. The number of carbonyl (C=O) groups is 1. The smallest absolute Gasteiger partial charge is 0.310 e. The fourth-order valence-electron chi connectivity index (χ4n) is 1.68. The third-order valence-corrected chi connectivity index (χ3v) is 2.61. The summed E-state index contributed by atoms with van der Waals surface area (Å²) in [5.41, 5.74) is 2.59. The molecule has 0 bridgehead atoms. The van der Waals surface area contributed by atoms with Crippen LogP contribution < -0.4 is 0 Å². The summed E-state index contributed by atoms with van der Waals surface area (Å²) in [4.78, 5) is 11.4. The molecule has 4 nitrogen and oxygen atoms in total. The summed E-state index contributed by atoms with van der Waals surface area (Å²) in [7, 11) is 0. The average molecular weight is 233 g/mol. The van der Waals surface area contributed by atoms with Crippen molar-refractivity contribution in [3.05, 3.63) is 34.4 Å². The van der Waals surface area contributed by atoms with E-state index >= 15 is 0 Å². The lowest BCUT2D eigenvalue weighted by Gasteiger charge is -2.11. The average Bonchev–Trinajstić information content (AvgIpc) is 2.32. The standard InChI is InChI=1S/C13H15NO3/c1-3-17-13(16)6-12-9(2)10(7-14)4-5-11(12)8-15/h4-5,15H,3,6,8H2,1-2H3. The molecule has 0 aromatic heterocycles. The highest BCUT2D eigenvalue weighted by Crippen LogP contribution is 2.19. The molecule has 0 saturated carbocycles. The fraction of sp³-hybridized carbons (Fsp3) is 0.385. The highest BCUT2D eigenvalue weighted by molar-refractivity contribution is 5.74. The number of hydrogen-bond acceptors (Lipinski definition) is 4. The zero-order valence-corrected chi connectivity index (χ0v) is 9.99. The Bertz CT molecular complexity index is 460. The highest BCUT2D eigenvalue weighted by Gasteiger charge is 2.13. The number of nitrogens with zero attached hydrogens (tertiary/aromatic N) is 1. The number of hydrogen-bond donors (Lipinski definition) is 1. The molecule has 0 aliphatic heterocycles. The van der Waals surface area contributed by atoms with E-state index in [0.29, 0.717) is 23.3 Å². The lowest BCUT2D eigenvalue weighted by atomic mass is 9.95. The number of carbonyl (C=O) groups excluding carboxylic acids is 1. The Balaban J connectivity index is 3.11. The zero-order chi connectivity index (χ0) is 12.8. The molecule has 0 heterocycles. The summed E-state index contributed by atoms with van der Waals surface area (Å²) < 4.78 is 4.87. The summed E-state index contributed by atoms with van der Waals surface area (Å²) >= 11 is 0. The third-order valence-electron chi connectivity index (χ3n) is 2.61. The molecular formula is C13H15NO3. The van der Waals surface area contributed by atoms with Gasteiger partial charge in [0.25, 0.3) is 0 Å². The third kappa shape index (κ3) is 3.05. The van der Waals surface area contributed by atoms with Gasteiger partial charge in [-0.1, -0.05) is 6.07 Å². The van der Waals surface area contributed by atoms with Crippen molar-refractivity contribution in [1.82, 2.24) is 0 Å². The molecule has 0 aliphatic carbocycles. The van der Waals surface area contributed by atoms with Gasteiger partial charge in [0.15, 0.2) is 0 Å². The van der Waals surface area contributed by atoms with Gasteiger partial charge in [0.2, 0.25) is 0 Å². The van der Waals surface area contributed by atoms with Gasteiger partial charge < -0.3 is 9.84 Å². The van der Waals surface area contributed by atoms with Crippen molar-refractivity contribution < 1.29 is 14.6 Å². The van der Waals surface area contributed by atoms with Crippen LogP contribution in [0.15, 0.2) is 12.1 Å². The summed E-state index contributed by atoms with van der Waals surface area (Å²) in [6, 6.07) is 5.37. The number of esters is 1. The van der Waals surface area contributed by atoms with Crippen molar-refractivity contribution in [2.45, 2.75) is 26.9 Å². The summed E-state index contributed by atoms with van der Waals surface area (Å²) in [6.45, 7) is 3.68. The van der Waals surface area contributed by atoms with E-state index in [1.807, 2.05) is 0 Å². The topological polar surface area (TPSA) is 70.3 Å². The van der Waals surface area contributed by atoms with Gasteiger partial charge in [-0.15, -0.1) is 0 Å². The number of nitriles is 1. The number of ether oxygens (including phenoxy) is 1. The summed E-state index contributed by atoms with van der Waals surface area (Å²) in [5, 5.41) is 18.1. The van der Waals surface area contributed by atoms with E-state index in [1.54, 1.807) is 26.0 Å². The van der Waals surface area contributed by atoms with E-state index in [1.165, 1.54) is 0 Å². The van der Waals surface area contributed by atoms with Crippen LogP contribution in [0.2, 0.25) is 0 Å². The van der Waals surface area contributed by atoms with Gasteiger partial charge in [-0.25, -0.2) is 0 Å². The van der Waals surface area contributed by atoms with Crippen molar-refractivity contribution in [2.75, 3.05) is 6.61 Å². The predicted molar refractivity (Wildman–Crippen MR) is 62.2 cm³/mol. The Hall–Kier alpha value is -1.86. The van der Waals surface area contributed by atoms with Crippen LogP contribution in [0.3, 0.4) is 0 Å². The van der Waals surface area contributed by atoms with Crippen molar-refractivity contribution in [1.29, 1.82) is 5.26 Å². The van der Waals surface area contributed by atoms with Gasteiger partial charge in [-0.05, 0) is 36.6 Å². The quantitative estimate of drug-likeness (QED) is 0.799. The van der Waals surface area contributed by atoms with Gasteiger partial charge in [0.05, 0.1) is 31.3 Å². The van der Waals surface area contributed by atoms with E-state index in [9.17, 15) is 9.90 Å². The molecule has 0 aliphatic rings. The largest absolute Gasteiger partial charge is 0.466 e. The Labute approximate surface area is 100 Å². The molecule has 1 rings (SSSR count). The SMILES string of the molecule is CCOC(=O)Cc1c(CO)ccc(C#N)c1C. The maximum atomic E-state index is 11.4. The normalized spacial score (nSPS) is 9.76. The van der Waals surface area contributed by atoms with Crippen LogP contribution in [-0.4, -0.2) is 17.7 Å². The van der Waals surface area contributed by atoms with Gasteiger partial charge in [-0.3, -0.25) is 4.79 Å². The number of aliphatic hydroxyl groups excluding tert-OH is 1. The predicted octanol–water partition coefficient (Wildman–Crippen LogP) is 1.46. The minimum atomic E-state index is -0.347. The minimum Gasteiger partial charge on any atom is -0.466 e. The van der Waals surface area contributed by atoms with Crippen LogP contribution in [0.5, 0.6) is 0 Å². The van der Waals surface area contributed by atoms with Crippen molar-refractivity contribution in [3.63, 3.8) is 0 Å². The van der Waals surface area contributed by atoms with Gasteiger partial charge in [-0.2, -0.15) is 5.26 Å². The van der Waals surface area contributed by atoms with E-state index in [2.05, 4.69) is 6.07 Å². The van der Waals surface area contributed by atoms with Gasteiger partial charge >= 0.3 is 5.97 Å². The second-order valence-electron chi connectivity index (χ2n) is 3.63. The summed E-state index contributed by atoms with van der Waals surface area (Å²) in [5.74, 6) is -0.347. The van der Waals surface area contributed by atoms with Crippen molar-refractivity contribution in [2.24, 2.45) is 0 Å². The molecule has 90 valence electrons. The number of aliphatic hydroxyl groups is 1. The molecular weight excluding hydrogens is 218 g/mol. The first-order valence-corrected chi connectivity index (χ1v) is 5.42. The number of rotatable bonds is 4.